The Kier molecular flexibility index (Phi) is 6.20. The lowest BCUT2D eigenvalue weighted by molar-refractivity contribution is -0.152. The standard InChI is InChI=1S/C15H20BrNO4/c1-5-21-14(19)15(3,17-10(2)18)9-11-8-12(16)6-7-13(11)20-4/h6-8H,5,9H2,1-4H3,(H,17,18)/t15-/m0/s1. The van der Waals surface area contributed by atoms with Crippen LogP contribution in [0.3, 0.4) is 0 Å². The summed E-state index contributed by atoms with van der Waals surface area (Å²) < 4.78 is 11.3. The van der Waals surface area contributed by atoms with Crippen LogP contribution in [0.25, 0.3) is 0 Å². The summed E-state index contributed by atoms with van der Waals surface area (Å²) in [5, 5.41) is 2.68. The van der Waals surface area contributed by atoms with Gasteiger partial charge in [0.2, 0.25) is 5.91 Å². The van der Waals surface area contributed by atoms with Crippen LogP contribution < -0.4 is 10.1 Å². The van der Waals surface area contributed by atoms with Crippen LogP contribution in [0.2, 0.25) is 0 Å². The van der Waals surface area contributed by atoms with E-state index < -0.39 is 11.5 Å². The van der Waals surface area contributed by atoms with E-state index in [1.54, 1.807) is 27.0 Å². The van der Waals surface area contributed by atoms with E-state index in [4.69, 9.17) is 9.47 Å². The SMILES string of the molecule is CCOC(=O)[C@](C)(Cc1cc(Br)ccc1OC)NC(C)=O. The molecule has 0 heterocycles. The zero-order valence-electron chi connectivity index (χ0n) is 12.7. The fourth-order valence-electron chi connectivity index (χ4n) is 2.11. The van der Waals surface area contributed by atoms with Gasteiger partial charge in [-0.25, -0.2) is 4.79 Å². The molecule has 1 rings (SSSR count). The van der Waals surface area contributed by atoms with E-state index in [9.17, 15) is 9.59 Å². The number of benzene rings is 1. The largest absolute Gasteiger partial charge is 0.496 e. The van der Waals surface area contributed by atoms with Crippen molar-refractivity contribution in [3.05, 3.63) is 28.2 Å². The second-order valence-electron chi connectivity index (χ2n) is 4.87. The molecule has 6 heteroatoms. The first-order valence-electron chi connectivity index (χ1n) is 6.60. The topological polar surface area (TPSA) is 64.6 Å². The third kappa shape index (κ3) is 4.74. The average Bonchev–Trinajstić information content (AvgIpc) is 2.38. The van der Waals surface area contributed by atoms with E-state index in [0.29, 0.717) is 5.75 Å². The van der Waals surface area contributed by atoms with Gasteiger partial charge in [0.1, 0.15) is 11.3 Å². The Hall–Kier alpha value is -1.56. The van der Waals surface area contributed by atoms with E-state index >= 15 is 0 Å². The van der Waals surface area contributed by atoms with Gasteiger partial charge in [-0.3, -0.25) is 4.79 Å². The first kappa shape index (κ1) is 17.5. The molecule has 1 amide bonds. The molecular weight excluding hydrogens is 338 g/mol. The van der Waals surface area contributed by atoms with Gasteiger partial charge in [0, 0.05) is 17.8 Å². The van der Waals surface area contributed by atoms with E-state index in [1.165, 1.54) is 6.92 Å². The summed E-state index contributed by atoms with van der Waals surface area (Å²) in [5.41, 5.74) is -0.341. The Labute approximate surface area is 133 Å². The van der Waals surface area contributed by atoms with Crippen molar-refractivity contribution in [2.75, 3.05) is 13.7 Å². The first-order valence-corrected chi connectivity index (χ1v) is 7.40. The quantitative estimate of drug-likeness (QED) is 0.794. The molecule has 1 atom stereocenters. The van der Waals surface area contributed by atoms with Crippen LogP contribution in [-0.2, 0) is 20.7 Å². The Morgan fingerprint density at radius 1 is 1.38 bits per heavy atom. The number of carbonyl (C=O) groups is 2. The molecule has 0 bridgehead atoms. The highest BCUT2D eigenvalue weighted by molar-refractivity contribution is 9.10. The summed E-state index contributed by atoms with van der Waals surface area (Å²) >= 11 is 3.39. The van der Waals surface area contributed by atoms with Crippen LogP contribution in [0.1, 0.15) is 26.3 Å². The molecule has 0 radical (unpaired) electrons. The number of hydrogen-bond donors (Lipinski definition) is 1. The number of ether oxygens (including phenoxy) is 2. The second-order valence-corrected chi connectivity index (χ2v) is 5.78. The summed E-state index contributed by atoms with van der Waals surface area (Å²) in [6.45, 7) is 5.00. The molecule has 1 aromatic carbocycles. The van der Waals surface area contributed by atoms with Crippen molar-refractivity contribution in [3.8, 4) is 5.75 Å². The summed E-state index contributed by atoms with van der Waals surface area (Å²) in [5.74, 6) is -0.110. The Morgan fingerprint density at radius 3 is 2.57 bits per heavy atom. The lowest BCUT2D eigenvalue weighted by Gasteiger charge is -2.28. The van der Waals surface area contributed by atoms with Gasteiger partial charge in [-0.15, -0.1) is 0 Å². The minimum absolute atomic E-state index is 0.254. The number of esters is 1. The molecule has 0 saturated heterocycles. The normalized spacial score (nSPS) is 13.2. The summed E-state index contributed by atoms with van der Waals surface area (Å²) in [6, 6.07) is 5.51. The molecule has 0 aliphatic rings. The predicted octanol–water partition coefficient (Wildman–Crippen LogP) is 2.46. The minimum Gasteiger partial charge on any atom is -0.496 e. The van der Waals surface area contributed by atoms with Crippen LogP contribution >= 0.6 is 15.9 Å². The van der Waals surface area contributed by atoms with Crippen molar-refractivity contribution in [1.82, 2.24) is 5.32 Å². The number of halogens is 1. The zero-order chi connectivity index (χ0) is 16.0. The zero-order valence-corrected chi connectivity index (χ0v) is 14.2. The van der Waals surface area contributed by atoms with E-state index in [1.807, 2.05) is 12.1 Å². The third-order valence-corrected chi connectivity index (χ3v) is 3.46. The van der Waals surface area contributed by atoms with Crippen molar-refractivity contribution < 1.29 is 19.1 Å². The van der Waals surface area contributed by atoms with Crippen molar-refractivity contribution in [2.24, 2.45) is 0 Å². The average molecular weight is 358 g/mol. The highest BCUT2D eigenvalue weighted by Gasteiger charge is 2.36. The van der Waals surface area contributed by atoms with Crippen molar-refractivity contribution in [3.63, 3.8) is 0 Å². The van der Waals surface area contributed by atoms with Crippen molar-refractivity contribution in [2.45, 2.75) is 32.7 Å². The smallest absolute Gasteiger partial charge is 0.331 e. The number of hydrogen-bond acceptors (Lipinski definition) is 4. The number of carbonyl (C=O) groups excluding carboxylic acids is 2. The maximum Gasteiger partial charge on any atom is 0.331 e. The maximum absolute atomic E-state index is 12.2. The van der Waals surface area contributed by atoms with Crippen molar-refractivity contribution in [1.29, 1.82) is 0 Å². The Bertz CT molecular complexity index is 532. The van der Waals surface area contributed by atoms with Crippen LogP contribution in [0, 0.1) is 0 Å². The Morgan fingerprint density at radius 2 is 2.05 bits per heavy atom. The molecule has 0 saturated carbocycles. The lowest BCUT2D eigenvalue weighted by atomic mass is 9.92. The molecule has 0 spiro atoms. The molecule has 1 N–H and O–H groups in total. The molecule has 116 valence electrons. The summed E-state index contributed by atoms with van der Waals surface area (Å²) in [4.78, 5) is 23.6. The number of nitrogens with one attached hydrogen (secondary N) is 1. The molecular formula is C15H20BrNO4. The van der Waals surface area contributed by atoms with Gasteiger partial charge in [-0.05, 0) is 37.6 Å². The van der Waals surface area contributed by atoms with Gasteiger partial charge >= 0.3 is 5.97 Å². The first-order chi connectivity index (χ1) is 9.82. The fraction of sp³-hybridized carbons (Fsp3) is 0.467. The Balaban J connectivity index is 3.14. The highest BCUT2D eigenvalue weighted by Crippen LogP contribution is 2.27. The van der Waals surface area contributed by atoms with Crippen LogP contribution in [0.5, 0.6) is 5.75 Å². The van der Waals surface area contributed by atoms with Gasteiger partial charge in [0.25, 0.3) is 0 Å². The van der Waals surface area contributed by atoms with Gasteiger partial charge in [0.15, 0.2) is 0 Å². The van der Waals surface area contributed by atoms with Crippen molar-refractivity contribution >= 4 is 27.8 Å². The molecule has 5 nitrogen and oxygen atoms in total. The van der Waals surface area contributed by atoms with Crippen LogP contribution in [0.4, 0.5) is 0 Å². The van der Waals surface area contributed by atoms with E-state index in [-0.39, 0.29) is 18.9 Å². The lowest BCUT2D eigenvalue weighted by Crippen LogP contribution is -2.54. The molecule has 0 aliphatic carbocycles. The molecule has 0 unspecified atom stereocenters. The number of amides is 1. The van der Waals surface area contributed by atoms with Crippen LogP contribution in [0.15, 0.2) is 22.7 Å². The number of rotatable bonds is 6. The molecule has 1 aromatic rings. The molecule has 0 aromatic heterocycles. The third-order valence-electron chi connectivity index (χ3n) is 2.96. The van der Waals surface area contributed by atoms with Gasteiger partial charge < -0.3 is 14.8 Å². The fourth-order valence-corrected chi connectivity index (χ4v) is 2.52. The second kappa shape index (κ2) is 7.45. The summed E-state index contributed by atoms with van der Waals surface area (Å²) in [7, 11) is 1.56. The molecule has 0 fully saturated rings. The molecule has 0 aliphatic heterocycles. The number of methoxy groups -OCH3 is 1. The minimum atomic E-state index is -1.14. The van der Waals surface area contributed by atoms with Gasteiger partial charge in [-0.2, -0.15) is 0 Å². The monoisotopic (exact) mass is 357 g/mol. The van der Waals surface area contributed by atoms with Crippen LogP contribution in [-0.4, -0.2) is 31.1 Å². The van der Waals surface area contributed by atoms with Gasteiger partial charge in [-0.1, -0.05) is 15.9 Å². The van der Waals surface area contributed by atoms with Gasteiger partial charge in [0.05, 0.1) is 13.7 Å². The highest BCUT2D eigenvalue weighted by atomic mass is 79.9. The predicted molar refractivity (Wildman–Crippen MR) is 83.3 cm³/mol. The van der Waals surface area contributed by atoms with E-state index in [0.717, 1.165) is 10.0 Å². The molecule has 21 heavy (non-hydrogen) atoms. The summed E-state index contributed by atoms with van der Waals surface area (Å²) in [6.07, 6.45) is 0.272. The maximum atomic E-state index is 12.2. The van der Waals surface area contributed by atoms with E-state index in [2.05, 4.69) is 21.2 Å².